The summed E-state index contributed by atoms with van der Waals surface area (Å²) in [5.74, 6) is -1.03. The third kappa shape index (κ3) is 5.39. The van der Waals surface area contributed by atoms with Crippen molar-refractivity contribution in [3.05, 3.63) is 35.4 Å². The number of benzene rings is 1. The summed E-state index contributed by atoms with van der Waals surface area (Å²) < 4.78 is 5.30. The second-order valence-electron chi connectivity index (χ2n) is 6.31. The van der Waals surface area contributed by atoms with Gasteiger partial charge in [-0.3, -0.25) is 4.90 Å². The molecule has 0 fully saturated rings. The Balaban J connectivity index is 2.93. The van der Waals surface area contributed by atoms with Crippen LogP contribution in [0.3, 0.4) is 0 Å². The molecule has 122 valence electrons. The van der Waals surface area contributed by atoms with Crippen LogP contribution in [0, 0.1) is 6.92 Å². The third-order valence-corrected chi connectivity index (χ3v) is 3.18. The van der Waals surface area contributed by atoms with Crippen LogP contribution < -0.4 is 0 Å². The number of nitrogens with zero attached hydrogens (tertiary/aromatic N) is 1. The fraction of sp³-hybridized carbons (Fsp3) is 0.529. The maximum Gasteiger partial charge on any atom is 0.411 e. The monoisotopic (exact) mass is 307 g/mol. The van der Waals surface area contributed by atoms with E-state index >= 15 is 0 Å². The molecule has 0 aliphatic carbocycles. The zero-order chi connectivity index (χ0) is 16.9. The lowest BCUT2D eigenvalue weighted by atomic mass is 10.0. The van der Waals surface area contributed by atoms with Gasteiger partial charge in [0, 0.05) is 13.0 Å². The Kier molecular flexibility index (Phi) is 5.97. The molecule has 0 saturated heterocycles. The highest BCUT2D eigenvalue weighted by atomic mass is 16.6. The topological polar surface area (TPSA) is 66.8 Å². The van der Waals surface area contributed by atoms with Crippen LogP contribution in [0.25, 0.3) is 0 Å². The van der Waals surface area contributed by atoms with Crippen LogP contribution >= 0.6 is 0 Å². The van der Waals surface area contributed by atoms with Gasteiger partial charge in [-0.15, -0.1) is 0 Å². The summed E-state index contributed by atoms with van der Waals surface area (Å²) in [6.07, 6.45) is -0.350. The van der Waals surface area contributed by atoms with E-state index in [0.29, 0.717) is 0 Å². The summed E-state index contributed by atoms with van der Waals surface area (Å²) in [5.41, 5.74) is 1.33. The number of hydrogen-bond acceptors (Lipinski definition) is 3. The Labute approximate surface area is 131 Å². The van der Waals surface area contributed by atoms with E-state index in [1.165, 1.54) is 4.90 Å². The largest absolute Gasteiger partial charge is 0.480 e. The lowest BCUT2D eigenvalue weighted by molar-refractivity contribution is -0.143. The standard InChI is InChI=1S/C17H25NO4/c1-6-18(16(21)22-17(3,4)5)14(15(19)20)11-13-9-7-12(2)8-10-13/h7-10,14H,6,11H2,1-5H3,(H,19,20). The Morgan fingerprint density at radius 2 is 1.77 bits per heavy atom. The average molecular weight is 307 g/mol. The van der Waals surface area contributed by atoms with Crippen molar-refractivity contribution in [1.82, 2.24) is 4.90 Å². The Hall–Kier alpha value is -2.04. The molecule has 5 nitrogen and oxygen atoms in total. The van der Waals surface area contributed by atoms with Crippen molar-refractivity contribution in [2.24, 2.45) is 0 Å². The molecule has 1 N–H and O–H groups in total. The van der Waals surface area contributed by atoms with Gasteiger partial charge in [0.25, 0.3) is 0 Å². The molecule has 0 radical (unpaired) electrons. The zero-order valence-corrected chi connectivity index (χ0v) is 13.9. The van der Waals surface area contributed by atoms with Crippen molar-refractivity contribution in [2.45, 2.75) is 52.7 Å². The third-order valence-electron chi connectivity index (χ3n) is 3.18. The van der Waals surface area contributed by atoms with Crippen molar-refractivity contribution in [1.29, 1.82) is 0 Å². The molecular weight excluding hydrogens is 282 g/mol. The lowest BCUT2D eigenvalue weighted by Crippen LogP contribution is -2.48. The molecule has 1 rings (SSSR count). The van der Waals surface area contributed by atoms with E-state index in [4.69, 9.17) is 4.74 Å². The number of aryl methyl sites for hydroxylation is 1. The molecule has 0 saturated carbocycles. The Morgan fingerprint density at radius 1 is 1.23 bits per heavy atom. The summed E-state index contributed by atoms with van der Waals surface area (Å²) in [7, 11) is 0. The van der Waals surface area contributed by atoms with Gasteiger partial charge in [0.2, 0.25) is 0 Å². The summed E-state index contributed by atoms with van der Waals surface area (Å²) in [6, 6.07) is 6.68. The predicted octanol–water partition coefficient (Wildman–Crippen LogP) is 3.25. The van der Waals surface area contributed by atoms with E-state index in [-0.39, 0.29) is 13.0 Å². The van der Waals surface area contributed by atoms with Crippen molar-refractivity contribution < 1.29 is 19.4 Å². The maximum atomic E-state index is 12.2. The summed E-state index contributed by atoms with van der Waals surface area (Å²) >= 11 is 0. The normalized spacial score (nSPS) is 12.6. The Morgan fingerprint density at radius 3 is 2.18 bits per heavy atom. The molecule has 1 aromatic rings. The number of rotatable bonds is 5. The lowest BCUT2D eigenvalue weighted by Gasteiger charge is -2.30. The molecule has 0 aliphatic heterocycles. The van der Waals surface area contributed by atoms with E-state index in [1.807, 2.05) is 31.2 Å². The van der Waals surface area contributed by atoms with Crippen molar-refractivity contribution in [3.63, 3.8) is 0 Å². The SMILES string of the molecule is CCN(C(=O)OC(C)(C)C)C(Cc1ccc(C)cc1)C(=O)O. The first-order valence-corrected chi connectivity index (χ1v) is 7.42. The van der Waals surface area contributed by atoms with Crippen LogP contribution in [0.2, 0.25) is 0 Å². The van der Waals surface area contributed by atoms with Crippen LogP contribution in [0.15, 0.2) is 24.3 Å². The van der Waals surface area contributed by atoms with Crippen LogP contribution in [-0.4, -0.2) is 40.3 Å². The molecule has 0 heterocycles. The molecule has 0 bridgehead atoms. The van der Waals surface area contributed by atoms with Crippen molar-refractivity contribution in [3.8, 4) is 0 Å². The van der Waals surface area contributed by atoms with Crippen molar-refractivity contribution >= 4 is 12.1 Å². The molecule has 1 amide bonds. The quantitative estimate of drug-likeness (QED) is 0.906. The minimum atomic E-state index is -1.03. The highest BCUT2D eigenvalue weighted by Crippen LogP contribution is 2.15. The average Bonchev–Trinajstić information content (AvgIpc) is 2.38. The number of ether oxygens (including phenoxy) is 1. The van der Waals surface area contributed by atoms with Crippen LogP contribution in [0.1, 0.15) is 38.8 Å². The van der Waals surface area contributed by atoms with Crippen LogP contribution in [-0.2, 0) is 16.0 Å². The van der Waals surface area contributed by atoms with Gasteiger partial charge in [0.05, 0.1) is 0 Å². The first kappa shape index (κ1) is 18.0. The van der Waals surface area contributed by atoms with Gasteiger partial charge in [-0.1, -0.05) is 29.8 Å². The smallest absolute Gasteiger partial charge is 0.411 e. The number of amides is 1. The molecule has 0 aromatic heterocycles. The summed E-state index contributed by atoms with van der Waals surface area (Å²) in [5, 5.41) is 9.49. The van der Waals surface area contributed by atoms with E-state index in [0.717, 1.165) is 11.1 Å². The molecule has 1 unspecified atom stereocenters. The van der Waals surface area contributed by atoms with Gasteiger partial charge >= 0.3 is 12.1 Å². The predicted molar refractivity (Wildman–Crippen MR) is 84.9 cm³/mol. The zero-order valence-electron chi connectivity index (χ0n) is 13.9. The fourth-order valence-corrected chi connectivity index (χ4v) is 2.08. The van der Waals surface area contributed by atoms with Gasteiger partial charge in [0.1, 0.15) is 11.6 Å². The van der Waals surface area contributed by atoms with Gasteiger partial charge < -0.3 is 9.84 Å². The molecule has 1 aromatic carbocycles. The van der Waals surface area contributed by atoms with Crippen LogP contribution in [0.4, 0.5) is 4.79 Å². The van der Waals surface area contributed by atoms with E-state index in [2.05, 4.69) is 0 Å². The van der Waals surface area contributed by atoms with E-state index in [9.17, 15) is 14.7 Å². The van der Waals surface area contributed by atoms with Gasteiger partial charge in [-0.05, 0) is 40.2 Å². The van der Waals surface area contributed by atoms with Gasteiger partial charge in [-0.2, -0.15) is 0 Å². The number of carboxylic acid groups (broad SMARTS) is 1. The molecule has 0 spiro atoms. The molecular formula is C17H25NO4. The summed E-state index contributed by atoms with van der Waals surface area (Å²) in [6.45, 7) is 9.27. The second-order valence-corrected chi connectivity index (χ2v) is 6.31. The van der Waals surface area contributed by atoms with E-state index in [1.54, 1.807) is 27.7 Å². The Bertz CT molecular complexity index is 516. The highest BCUT2D eigenvalue weighted by molar-refractivity contribution is 5.80. The number of aliphatic carboxylic acids is 1. The minimum Gasteiger partial charge on any atom is -0.480 e. The molecule has 22 heavy (non-hydrogen) atoms. The second kappa shape index (κ2) is 7.29. The van der Waals surface area contributed by atoms with E-state index < -0.39 is 23.7 Å². The van der Waals surface area contributed by atoms with Gasteiger partial charge in [0.15, 0.2) is 0 Å². The highest BCUT2D eigenvalue weighted by Gasteiger charge is 2.31. The number of carboxylic acids is 1. The van der Waals surface area contributed by atoms with Crippen molar-refractivity contribution in [2.75, 3.05) is 6.54 Å². The van der Waals surface area contributed by atoms with Crippen LogP contribution in [0.5, 0.6) is 0 Å². The van der Waals surface area contributed by atoms with Gasteiger partial charge in [-0.25, -0.2) is 9.59 Å². The molecule has 5 heteroatoms. The number of likely N-dealkylation sites (N-methyl/N-ethyl adjacent to an activating group) is 1. The maximum absolute atomic E-state index is 12.2. The number of carbonyl (C=O) groups is 2. The first-order chi connectivity index (χ1) is 10.1. The summed E-state index contributed by atoms with van der Waals surface area (Å²) in [4.78, 5) is 25.1. The number of hydrogen-bond donors (Lipinski definition) is 1. The minimum absolute atomic E-state index is 0.253. The fourth-order valence-electron chi connectivity index (χ4n) is 2.08. The first-order valence-electron chi connectivity index (χ1n) is 7.42. The number of carbonyl (C=O) groups excluding carboxylic acids is 1. The molecule has 0 aliphatic rings. The molecule has 1 atom stereocenters.